The van der Waals surface area contributed by atoms with Crippen molar-refractivity contribution in [3.8, 4) is 0 Å². The number of hydrogen-bond acceptors (Lipinski definition) is 5. The summed E-state index contributed by atoms with van der Waals surface area (Å²) in [7, 11) is 0. The van der Waals surface area contributed by atoms with E-state index in [9.17, 15) is 9.59 Å². The Morgan fingerprint density at radius 3 is 2.65 bits per heavy atom. The minimum Gasteiger partial charge on any atom is -0.323 e. The maximum atomic E-state index is 13.4. The van der Waals surface area contributed by atoms with Gasteiger partial charge in [-0.05, 0) is 57.7 Å². The average Bonchev–Trinajstić information content (AvgIpc) is 3.27. The molecule has 2 aliphatic heterocycles. The molecular weight excluding hydrogens is 408 g/mol. The van der Waals surface area contributed by atoms with Crippen molar-refractivity contribution < 1.29 is 9.59 Å². The van der Waals surface area contributed by atoms with E-state index in [0.29, 0.717) is 19.4 Å². The molecule has 0 spiro atoms. The quantitative estimate of drug-likeness (QED) is 0.663. The smallest absolute Gasteiger partial charge is 0.323 e. The number of aromatic nitrogens is 1. The molecule has 1 atom stereocenters. The first-order valence-electron chi connectivity index (χ1n) is 11.2. The van der Waals surface area contributed by atoms with Crippen LogP contribution in [-0.4, -0.2) is 51.9 Å². The van der Waals surface area contributed by atoms with E-state index in [0.717, 1.165) is 43.0 Å². The third-order valence-electron chi connectivity index (χ3n) is 6.94. The number of nitrogens with zero attached hydrogens (tertiary/aromatic N) is 3. The Morgan fingerprint density at radius 1 is 1.23 bits per heavy atom. The van der Waals surface area contributed by atoms with Crippen LogP contribution >= 0.6 is 11.3 Å². The highest BCUT2D eigenvalue weighted by molar-refractivity contribution is 7.09. The second-order valence-corrected chi connectivity index (χ2v) is 9.80. The summed E-state index contributed by atoms with van der Waals surface area (Å²) in [6.45, 7) is 9.37. The van der Waals surface area contributed by atoms with Crippen molar-refractivity contribution in [3.63, 3.8) is 0 Å². The number of thiazole rings is 1. The lowest BCUT2D eigenvalue weighted by molar-refractivity contribution is -0.134. The number of amides is 3. The fourth-order valence-corrected chi connectivity index (χ4v) is 5.86. The van der Waals surface area contributed by atoms with Gasteiger partial charge >= 0.3 is 6.03 Å². The van der Waals surface area contributed by atoms with Gasteiger partial charge in [-0.1, -0.05) is 36.8 Å². The van der Waals surface area contributed by atoms with Gasteiger partial charge in [0, 0.05) is 24.4 Å². The van der Waals surface area contributed by atoms with E-state index in [1.54, 1.807) is 11.3 Å². The minimum atomic E-state index is -0.755. The molecule has 0 bridgehead atoms. The lowest BCUT2D eigenvalue weighted by atomic mass is 9.75. The Labute approximate surface area is 188 Å². The van der Waals surface area contributed by atoms with E-state index in [1.807, 2.05) is 19.4 Å². The second-order valence-electron chi connectivity index (χ2n) is 8.86. The summed E-state index contributed by atoms with van der Waals surface area (Å²) in [5.41, 5.74) is 4.66. The number of carbonyl (C=O) groups excluding carboxylic acids is 2. The zero-order valence-corrected chi connectivity index (χ0v) is 19.5. The number of piperidine rings is 1. The zero-order valence-electron chi connectivity index (χ0n) is 18.7. The van der Waals surface area contributed by atoms with Crippen molar-refractivity contribution in [1.82, 2.24) is 20.1 Å². The number of hydrogen-bond donors (Lipinski definition) is 1. The second kappa shape index (κ2) is 9.09. The van der Waals surface area contributed by atoms with Gasteiger partial charge in [-0.25, -0.2) is 9.78 Å². The molecule has 2 saturated heterocycles. The van der Waals surface area contributed by atoms with Gasteiger partial charge in [0.05, 0.1) is 11.2 Å². The SMILES string of the molecule is CC[C@@]1(C2CCN(Cc3cccc(C)c3)CC2)NC(=O)N(CCc2scnc2C)C1=O. The molecule has 2 aliphatic rings. The van der Waals surface area contributed by atoms with Gasteiger partial charge < -0.3 is 5.32 Å². The molecule has 0 aliphatic carbocycles. The lowest BCUT2D eigenvalue weighted by Gasteiger charge is -2.40. The molecule has 31 heavy (non-hydrogen) atoms. The van der Waals surface area contributed by atoms with Gasteiger partial charge in [0.15, 0.2) is 0 Å². The summed E-state index contributed by atoms with van der Waals surface area (Å²) in [5.74, 6) is 0.136. The first-order chi connectivity index (χ1) is 14.9. The first-order valence-corrected chi connectivity index (χ1v) is 12.1. The van der Waals surface area contributed by atoms with Crippen LogP contribution in [0.3, 0.4) is 0 Å². The Hall–Kier alpha value is -2.25. The Morgan fingerprint density at radius 2 is 2.00 bits per heavy atom. The molecule has 7 heteroatoms. The summed E-state index contributed by atoms with van der Waals surface area (Å²) in [6.07, 6.45) is 3.15. The first kappa shape index (κ1) is 22.0. The van der Waals surface area contributed by atoms with E-state index in [4.69, 9.17) is 0 Å². The van der Waals surface area contributed by atoms with Crippen molar-refractivity contribution in [3.05, 3.63) is 51.5 Å². The van der Waals surface area contributed by atoms with Crippen LogP contribution in [0.25, 0.3) is 0 Å². The molecular formula is C24H32N4O2S. The third-order valence-corrected chi connectivity index (χ3v) is 7.93. The van der Waals surface area contributed by atoms with Gasteiger partial charge in [0.2, 0.25) is 0 Å². The number of benzene rings is 1. The number of rotatable bonds is 7. The van der Waals surface area contributed by atoms with Gasteiger partial charge in [0.25, 0.3) is 5.91 Å². The van der Waals surface area contributed by atoms with E-state index < -0.39 is 5.54 Å². The maximum absolute atomic E-state index is 13.4. The zero-order chi connectivity index (χ0) is 22.0. The fourth-order valence-electron chi connectivity index (χ4n) is 5.08. The van der Waals surface area contributed by atoms with Crippen LogP contribution in [0.2, 0.25) is 0 Å². The molecule has 1 N–H and O–H groups in total. The van der Waals surface area contributed by atoms with E-state index >= 15 is 0 Å². The highest BCUT2D eigenvalue weighted by Crippen LogP contribution is 2.36. The molecule has 2 fully saturated rings. The van der Waals surface area contributed by atoms with Gasteiger partial charge in [0.1, 0.15) is 5.54 Å². The standard InChI is InChI=1S/C24H32N4O2S/c1-4-24(20-8-11-27(12-9-20)15-19-7-5-6-17(2)14-19)22(29)28(23(30)26-24)13-10-21-18(3)25-16-31-21/h5-7,14,16,20H,4,8-13,15H2,1-3H3,(H,26,30)/t24-/m0/s1. The molecule has 0 unspecified atom stereocenters. The molecule has 3 amide bonds. The Balaban J connectivity index is 1.39. The summed E-state index contributed by atoms with van der Waals surface area (Å²) >= 11 is 1.58. The molecule has 3 heterocycles. The number of aryl methyl sites for hydroxylation is 2. The van der Waals surface area contributed by atoms with Crippen LogP contribution in [0, 0.1) is 19.8 Å². The molecule has 2 aromatic rings. The fraction of sp³-hybridized carbons (Fsp3) is 0.542. The van der Waals surface area contributed by atoms with Crippen LogP contribution in [0.15, 0.2) is 29.8 Å². The van der Waals surface area contributed by atoms with Gasteiger partial charge in [-0.2, -0.15) is 0 Å². The van der Waals surface area contributed by atoms with Crippen LogP contribution < -0.4 is 5.32 Å². The highest BCUT2D eigenvalue weighted by Gasteiger charge is 2.54. The van der Waals surface area contributed by atoms with Gasteiger partial charge in [-0.15, -0.1) is 11.3 Å². The van der Waals surface area contributed by atoms with E-state index in [1.165, 1.54) is 16.0 Å². The molecule has 166 valence electrons. The van der Waals surface area contributed by atoms with Crippen molar-refractivity contribution in [2.75, 3.05) is 19.6 Å². The highest BCUT2D eigenvalue weighted by atomic mass is 32.1. The summed E-state index contributed by atoms with van der Waals surface area (Å²) < 4.78 is 0. The van der Waals surface area contributed by atoms with Crippen LogP contribution in [0.4, 0.5) is 4.79 Å². The van der Waals surface area contributed by atoms with Crippen molar-refractivity contribution >= 4 is 23.3 Å². The number of nitrogens with one attached hydrogen (secondary N) is 1. The van der Waals surface area contributed by atoms with Gasteiger partial charge in [-0.3, -0.25) is 14.6 Å². The van der Waals surface area contributed by atoms with Crippen LogP contribution in [-0.2, 0) is 17.8 Å². The predicted octanol–water partition coefficient (Wildman–Crippen LogP) is 3.92. The monoisotopic (exact) mass is 440 g/mol. The molecule has 6 nitrogen and oxygen atoms in total. The topological polar surface area (TPSA) is 65.5 Å². The Kier molecular flexibility index (Phi) is 6.44. The molecule has 1 aromatic carbocycles. The lowest BCUT2D eigenvalue weighted by Crippen LogP contribution is -2.55. The van der Waals surface area contributed by atoms with Crippen LogP contribution in [0.5, 0.6) is 0 Å². The van der Waals surface area contributed by atoms with Crippen molar-refractivity contribution in [2.24, 2.45) is 5.92 Å². The maximum Gasteiger partial charge on any atom is 0.325 e. The average molecular weight is 441 g/mol. The minimum absolute atomic E-state index is 0.0423. The number of carbonyl (C=O) groups is 2. The predicted molar refractivity (Wildman–Crippen MR) is 123 cm³/mol. The Bertz CT molecular complexity index is 951. The van der Waals surface area contributed by atoms with Crippen molar-refractivity contribution in [1.29, 1.82) is 0 Å². The number of likely N-dealkylation sites (tertiary alicyclic amines) is 1. The van der Waals surface area contributed by atoms with E-state index in [2.05, 4.69) is 46.4 Å². The van der Waals surface area contributed by atoms with E-state index in [-0.39, 0.29) is 17.9 Å². The molecule has 0 saturated carbocycles. The largest absolute Gasteiger partial charge is 0.325 e. The molecule has 4 rings (SSSR count). The summed E-state index contributed by atoms with van der Waals surface area (Å²) in [6, 6.07) is 8.41. The molecule has 1 aromatic heterocycles. The van der Waals surface area contributed by atoms with Crippen LogP contribution in [0.1, 0.15) is 47.9 Å². The number of imide groups is 1. The van der Waals surface area contributed by atoms with Crippen molar-refractivity contribution in [2.45, 2.75) is 58.5 Å². The molecule has 0 radical (unpaired) electrons. The summed E-state index contributed by atoms with van der Waals surface area (Å²) in [4.78, 5) is 35.5. The summed E-state index contributed by atoms with van der Waals surface area (Å²) in [5, 5.41) is 3.11. The number of urea groups is 1. The normalized spacial score (nSPS) is 22.9. The third kappa shape index (κ3) is 4.39.